The molecule has 0 aliphatic rings. The molecule has 1 aromatic carbocycles. The third-order valence-corrected chi connectivity index (χ3v) is 3.29. The lowest BCUT2D eigenvalue weighted by Gasteiger charge is -2.18. The Morgan fingerprint density at radius 2 is 2.31 bits per heavy atom. The SMILES string of the molecule is C#CCCC(NCC)c1ccc(Cl)cc1Br. The van der Waals surface area contributed by atoms with Gasteiger partial charge in [0.15, 0.2) is 0 Å². The van der Waals surface area contributed by atoms with E-state index in [9.17, 15) is 0 Å². The van der Waals surface area contributed by atoms with Crippen LogP contribution in [0.2, 0.25) is 5.02 Å². The van der Waals surface area contributed by atoms with Gasteiger partial charge in [0.25, 0.3) is 0 Å². The summed E-state index contributed by atoms with van der Waals surface area (Å²) < 4.78 is 1.03. The van der Waals surface area contributed by atoms with Crippen molar-refractivity contribution in [2.45, 2.75) is 25.8 Å². The van der Waals surface area contributed by atoms with Crippen molar-refractivity contribution in [1.29, 1.82) is 0 Å². The summed E-state index contributed by atoms with van der Waals surface area (Å²) in [6.45, 7) is 3.01. The third-order valence-electron chi connectivity index (χ3n) is 2.37. The topological polar surface area (TPSA) is 12.0 Å². The van der Waals surface area contributed by atoms with Crippen LogP contribution in [0.5, 0.6) is 0 Å². The molecule has 0 aliphatic carbocycles. The van der Waals surface area contributed by atoms with E-state index in [4.69, 9.17) is 18.0 Å². The smallest absolute Gasteiger partial charge is 0.0417 e. The van der Waals surface area contributed by atoms with E-state index in [1.165, 1.54) is 5.56 Å². The molecular weight excluding hydrogens is 286 g/mol. The Kier molecular flexibility index (Phi) is 5.90. The molecule has 0 fully saturated rings. The first-order valence-electron chi connectivity index (χ1n) is 5.30. The fourth-order valence-electron chi connectivity index (χ4n) is 1.63. The first-order chi connectivity index (χ1) is 7.69. The van der Waals surface area contributed by atoms with Crippen molar-refractivity contribution in [3.63, 3.8) is 0 Å². The standard InChI is InChI=1S/C13H15BrClN/c1-3-5-6-13(16-4-2)11-8-7-10(15)9-12(11)14/h1,7-9,13,16H,4-6H2,2H3. The van der Waals surface area contributed by atoms with E-state index in [2.05, 4.69) is 34.1 Å². The molecular formula is C13H15BrClN. The van der Waals surface area contributed by atoms with Crippen LogP contribution in [-0.2, 0) is 0 Å². The monoisotopic (exact) mass is 299 g/mol. The molecule has 86 valence electrons. The molecule has 0 saturated heterocycles. The molecule has 1 atom stereocenters. The van der Waals surface area contributed by atoms with Gasteiger partial charge in [-0.05, 0) is 30.7 Å². The van der Waals surface area contributed by atoms with Crippen molar-refractivity contribution in [3.8, 4) is 12.3 Å². The second-order valence-corrected chi connectivity index (χ2v) is 4.81. The average molecular weight is 301 g/mol. The zero-order valence-corrected chi connectivity index (χ0v) is 11.6. The first-order valence-corrected chi connectivity index (χ1v) is 6.48. The number of halogens is 2. The Bertz CT molecular complexity index is 384. The molecule has 0 aliphatic heterocycles. The molecule has 3 heteroatoms. The molecule has 0 spiro atoms. The highest BCUT2D eigenvalue weighted by Crippen LogP contribution is 2.28. The van der Waals surface area contributed by atoms with Gasteiger partial charge in [-0.2, -0.15) is 0 Å². The maximum Gasteiger partial charge on any atom is 0.0417 e. The van der Waals surface area contributed by atoms with Crippen molar-refractivity contribution in [2.75, 3.05) is 6.54 Å². The number of nitrogens with one attached hydrogen (secondary N) is 1. The number of rotatable bonds is 5. The van der Waals surface area contributed by atoms with Gasteiger partial charge in [-0.25, -0.2) is 0 Å². The normalized spacial score (nSPS) is 12.1. The van der Waals surface area contributed by atoms with Crippen LogP contribution in [-0.4, -0.2) is 6.54 Å². The molecule has 1 rings (SSSR count). The Morgan fingerprint density at radius 3 is 2.88 bits per heavy atom. The quantitative estimate of drug-likeness (QED) is 0.805. The molecule has 1 nitrogen and oxygen atoms in total. The Labute approximate surface area is 111 Å². The van der Waals surface area contributed by atoms with Gasteiger partial charge in [0.1, 0.15) is 0 Å². The van der Waals surface area contributed by atoms with E-state index in [1.54, 1.807) is 0 Å². The van der Waals surface area contributed by atoms with E-state index >= 15 is 0 Å². The lowest BCUT2D eigenvalue weighted by molar-refractivity contribution is 0.521. The van der Waals surface area contributed by atoms with E-state index in [1.807, 2.05) is 18.2 Å². The van der Waals surface area contributed by atoms with Gasteiger partial charge in [0.2, 0.25) is 0 Å². The minimum Gasteiger partial charge on any atom is -0.310 e. The van der Waals surface area contributed by atoms with Crippen LogP contribution in [0.1, 0.15) is 31.4 Å². The van der Waals surface area contributed by atoms with Crippen LogP contribution in [0, 0.1) is 12.3 Å². The van der Waals surface area contributed by atoms with Crippen LogP contribution in [0.3, 0.4) is 0 Å². The highest BCUT2D eigenvalue weighted by atomic mass is 79.9. The fourth-order valence-corrected chi connectivity index (χ4v) is 2.58. The van der Waals surface area contributed by atoms with Crippen molar-refractivity contribution in [2.24, 2.45) is 0 Å². The zero-order valence-electron chi connectivity index (χ0n) is 9.26. The predicted octanol–water partition coefficient (Wildman–Crippen LogP) is 4.17. The van der Waals surface area contributed by atoms with Gasteiger partial charge >= 0.3 is 0 Å². The van der Waals surface area contributed by atoms with Crippen LogP contribution < -0.4 is 5.32 Å². The second-order valence-electron chi connectivity index (χ2n) is 3.52. The van der Waals surface area contributed by atoms with Gasteiger partial charge in [0.05, 0.1) is 0 Å². The van der Waals surface area contributed by atoms with E-state index in [-0.39, 0.29) is 6.04 Å². The molecule has 0 bridgehead atoms. The van der Waals surface area contributed by atoms with Crippen molar-refractivity contribution in [3.05, 3.63) is 33.3 Å². The maximum atomic E-state index is 5.92. The molecule has 1 unspecified atom stereocenters. The van der Waals surface area contributed by atoms with Gasteiger partial charge in [-0.3, -0.25) is 0 Å². The minimum absolute atomic E-state index is 0.285. The summed E-state index contributed by atoms with van der Waals surface area (Å²) in [7, 11) is 0. The highest BCUT2D eigenvalue weighted by Gasteiger charge is 2.12. The molecule has 0 heterocycles. The molecule has 1 aromatic rings. The van der Waals surface area contributed by atoms with Gasteiger partial charge < -0.3 is 5.32 Å². The summed E-state index contributed by atoms with van der Waals surface area (Å²) in [4.78, 5) is 0. The summed E-state index contributed by atoms with van der Waals surface area (Å²) >= 11 is 9.45. The molecule has 0 radical (unpaired) electrons. The Balaban J connectivity index is 2.87. The van der Waals surface area contributed by atoms with E-state index in [0.717, 1.165) is 28.9 Å². The molecule has 1 N–H and O–H groups in total. The average Bonchev–Trinajstić information content (AvgIpc) is 2.25. The summed E-state index contributed by atoms with van der Waals surface area (Å²) in [5.74, 6) is 2.68. The van der Waals surface area contributed by atoms with Crippen LogP contribution in [0.4, 0.5) is 0 Å². The van der Waals surface area contributed by atoms with Crippen molar-refractivity contribution >= 4 is 27.5 Å². The van der Waals surface area contributed by atoms with Crippen LogP contribution in [0.25, 0.3) is 0 Å². The molecule has 0 aromatic heterocycles. The van der Waals surface area contributed by atoms with Gasteiger partial charge in [-0.1, -0.05) is 40.5 Å². The lowest BCUT2D eigenvalue weighted by Crippen LogP contribution is -2.21. The van der Waals surface area contributed by atoms with Crippen molar-refractivity contribution < 1.29 is 0 Å². The molecule has 16 heavy (non-hydrogen) atoms. The van der Waals surface area contributed by atoms with Crippen molar-refractivity contribution in [1.82, 2.24) is 5.32 Å². The molecule has 0 amide bonds. The number of hydrogen-bond acceptors (Lipinski definition) is 1. The minimum atomic E-state index is 0.285. The largest absolute Gasteiger partial charge is 0.310 e. The lowest BCUT2D eigenvalue weighted by atomic mass is 10.0. The summed E-state index contributed by atoms with van der Waals surface area (Å²) in [5.41, 5.74) is 1.21. The van der Waals surface area contributed by atoms with E-state index in [0.29, 0.717) is 0 Å². The Hall–Kier alpha value is -0.490. The number of hydrogen-bond donors (Lipinski definition) is 1. The second kappa shape index (κ2) is 6.96. The molecule has 0 saturated carbocycles. The van der Waals surface area contributed by atoms with Gasteiger partial charge in [0, 0.05) is 22.0 Å². The van der Waals surface area contributed by atoms with Crippen LogP contribution in [0.15, 0.2) is 22.7 Å². The predicted molar refractivity (Wildman–Crippen MR) is 73.6 cm³/mol. The number of benzene rings is 1. The summed E-state index contributed by atoms with van der Waals surface area (Å²) in [5, 5.41) is 4.16. The third kappa shape index (κ3) is 3.83. The number of terminal acetylenes is 1. The van der Waals surface area contributed by atoms with Gasteiger partial charge in [-0.15, -0.1) is 12.3 Å². The first kappa shape index (κ1) is 13.6. The van der Waals surface area contributed by atoms with E-state index < -0.39 is 0 Å². The zero-order chi connectivity index (χ0) is 12.0. The van der Waals surface area contributed by atoms with Crippen LogP contribution >= 0.6 is 27.5 Å². The summed E-state index contributed by atoms with van der Waals surface area (Å²) in [6, 6.07) is 6.14. The summed E-state index contributed by atoms with van der Waals surface area (Å²) in [6.07, 6.45) is 7.01. The highest BCUT2D eigenvalue weighted by molar-refractivity contribution is 9.10. The Morgan fingerprint density at radius 1 is 1.56 bits per heavy atom. The fraction of sp³-hybridized carbons (Fsp3) is 0.385. The maximum absolute atomic E-state index is 5.92.